The van der Waals surface area contributed by atoms with E-state index in [4.69, 9.17) is 0 Å². The molecular formula is C16H30IN3. The smallest absolute Gasteiger partial charge is 0.193 e. The average molecular weight is 391 g/mol. The van der Waals surface area contributed by atoms with Crippen LogP contribution in [0.5, 0.6) is 0 Å². The summed E-state index contributed by atoms with van der Waals surface area (Å²) in [6.45, 7) is 3.57. The summed E-state index contributed by atoms with van der Waals surface area (Å²) in [4.78, 5) is 7.01. The van der Waals surface area contributed by atoms with Crippen LogP contribution in [0.3, 0.4) is 0 Å². The highest BCUT2D eigenvalue weighted by Gasteiger charge is 2.39. The molecule has 0 unspecified atom stereocenters. The number of aliphatic imine (C=N–C) groups is 1. The number of hydrogen-bond donors (Lipinski definition) is 1. The average Bonchev–Trinajstić information content (AvgIpc) is 3.18. The van der Waals surface area contributed by atoms with Crippen molar-refractivity contribution in [2.24, 2.45) is 16.3 Å². The largest absolute Gasteiger partial charge is 0.356 e. The van der Waals surface area contributed by atoms with Gasteiger partial charge in [-0.2, -0.15) is 0 Å². The maximum Gasteiger partial charge on any atom is 0.193 e. The topological polar surface area (TPSA) is 27.6 Å². The summed E-state index contributed by atoms with van der Waals surface area (Å²) >= 11 is 0. The molecule has 0 radical (unpaired) electrons. The molecule has 1 spiro atoms. The molecule has 1 saturated heterocycles. The van der Waals surface area contributed by atoms with Crippen LogP contribution in [0.4, 0.5) is 0 Å². The Morgan fingerprint density at radius 3 is 2.60 bits per heavy atom. The Morgan fingerprint density at radius 1 is 1.20 bits per heavy atom. The number of likely N-dealkylation sites (tertiary alicyclic amines) is 1. The molecule has 0 aromatic heterocycles. The highest BCUT2D eigenvalue weighted by molar-refractivity contribution is 14.0. The molecular weight excluding hydrogens is 361 g/mol. The lowest BCUT2D eigenvalue weighted by molar-refractivity contribution is 0.203. The zero-order valence-electron chi connectivity index (χ0n) is 12.9. The molecule has 2 saturated carbocycles. The van der Waals surface area contributed by atoms with Gasteiger partial charge in [0.05, 0.1) is 0 Å². The molecule has 3 fully saturated rings. The number of rotatable bonds is 3. The zero-order valence-corrected chi connectivity index (χ0v) is 15.2. The minimum absolute atomic E-state index is 0. The fraction of sp³-hybridized carbons (Fsp3) is 0.938. The van der Waals surface area contributed by atoms with E-state index in [1.165, 1.54) is 70.9 Å². The Morgan fingerprint density at radius 2 is 1.95 bits per heavy atom. The fourth-order valence-corrected chi connectivity index (χ4v) is 3.95. The maximum absolute atomic E-state index is 4.50. The van der Waals surface area contributed by atoms with E-state index >= 15 is 0 Å². The van der Waals surface area contributed by atoms with Crippen LogP contribution in [-0.4, -0.2) is 37.5 Å². The van der Waals surface area contributed by atoms with E-state index in [1.807, 2.05) is 7.05 Å². The number of nitrogens with one attached hydrogen (secondary N) is 1. The summed E-state index contributed by atoms with van der Waals surface area (Å²) in [6.07, 6.45) is 12.9. The third kappa shape index (κ3) is 4.01. The van der Waals surface area contributed by atoms with Gasteiger partial charge in [-0.1, -0.05) is 32.1 Å². The zero-order chi connectivity index (χ0) is 13.1. The minimum Gasteiger partial charge on any atom is -0.356 e. The van der Waals surface area contributed by atoms with Crippen LogP contribution in [0.1, 0.15) is 57.8 Å². The van der Waals surface area contributed by atoms with Crippen molar-refractivity contribution in [2.45, 2.75) is 57.8 Å². The molecule has 1 heterocycles. The van der Waals surface area contributed by atoms with Gasteiger partial charge in [0.1, 0.15) is 0 Å². The second-order valence-electron chi connectivity index (χ2n) is 6.94. The van der Waals surface area contributed by atoms with Gasteiger partial charge in [0.25, 0.3) is 0 Å². The standard InChI is InChI=1S/C16H29N3.HI/c1-17-15(18-11-7-14-5-6-14)19-12-10-16(13-19)8-3-2-4-9-16;/h14H,2-13H2,1H3,(H,17,18);1H. The van der Waals surface area contributed by atoms with Crippen molar-refractivity contribution in [3.05, 3.63) is 0 Å². The first-order valence-electron chi connectivity index (χ1n) is 8.27. The SMILES string of the molecule is CN=C(NCCC1CC1)N1CCC2(CCCCC2)C1.I. The molecule has 0 aromatic carbocycles. The van der Waals surface area contributed by atoms with Crippen LogP contribution in [0.15, 0.2) is 4.99 Å². The van der Waals surface area contributed by atoms with Crippen molar-refractivity contribution in [1.82, 2.24) is 10.2 Å². The molecule has 1 aliphatic heterocycles. The number of hydrogen-bond acceptors (Lipinski definition) is 1. The second-order valence-corrected chi connectivity index (χ2v) is 6.94. The quantitative estimate of drug-likeness (QED) is 0.452. The van der Waals surface area contributed by atoms with Crippen molar-refractivity contribution < 1.29 is 0 Å². The molecule has 3 nitrogen and oxygen atoms in total. The summed E-state index contributed by atoms with van der Waals surface area (Å²) in [5.74, 6) is 2.16. The van der Waals surface area contributed by atoms with Crippen LogP contribution in [-0.2, 0) is 0 Å². The van der Waals surface area contributed by atoms with Crippen LogP contribution < -0.4 is 5.32 Å². The Balaban J connectivity index is 0.00000147. The Labute approximate surface area is 141 Å². The van der Waals surface area contributed by atoms with Gasteiger partial charge >= 0.3 is 0 Å². The monoisotopic (exact) mass is 391 g/mol. The first kappa shape index (κ1) is 16.4. The third-order valence-electron chi connectivity index (χ3n) is 5.40. The lowest BCUT2D eigenvalue weighted by Gasteiger charge is -2.33. The van der Waals surface area contributed by atoms with Crippen molar-refractivity contribution in [3.63, 3.8) is 0 Å². The summed E-state index contributed by atoms with van der Waals surface area (Å²) in [5.41, 5.74) is 0.631. The molecule has 2 aliphatic carbocycles. The second kappa shape index (κ2) is 7.32. The Bertz CT molecular complexity index is 333. The van der Waals surface area contributed by atoms with Crippen molar-refractivity contribution in [2.75, 3.05) is 26.7 Å². The molecule has 116 valence electrons. The van der Waals surface area contributed by atoms with Gasteiger partial charge in [-0.05, 0) is 37.0 Å². The first-order chi connectivity index (χ1) is 9.31. The third-order valence-corrected chi connectivity index (χ3v) is 5.40. The number of nitrogens with zero attached hydrogens (tertiary/aromatic N) is 2. The van der Waals surface area contributed by atoms with Crippen molar-refractivity contribution in [1.29, 1.82) is 0 Å². The lowest BCUT2D eigenvalue weighted by atomic mass is 9.73. The minimum atomic E-state index is 0. The van der Waals surface area contributed by atoms with Crippen LogP contribution >= 0.6 is 24.0 Å². The molecule has 4 heteroatoms. The van der Waals surface area contributed by atoms with E-state index in [2.05, 4.69) is 15.2 Å². The van der Waals surface area contributed by atoms with Gasteiger partial charge in [-0.3, -0.25) is 4.99 Å². The van der Waals surface area contributed by atoms with Gasteiger partial charge in [0, 0.05) is 26.7 Å². The normalized spacial score (nSPS) is 25.6. The van der Waals surface area contributed by atoms with Crippen LogP contribution in [0.25, 0.3) is 0 Å². The first-order valence-corrected chi connectivity index (χ1v) is 8.27. The summed E-state index contributed by atoms with van der Waals surface area (Å²) in [7, 11) is 1.94. The van der Waals surface area contributed by atoms with Gasteiger partial charge in [-0.15, -0.1) is 24.0 Å². The molecule has 0 atom stereocenters. The van der Waals surface area contributed by atoms with Crippen molar-refractivity contribution >= 4 is 29.9 Å². The summed E-state index contributed by atoms with van der Waals surface area (Å²) < 4.78 is 0. The van der Waals surface area contributed by atoms with Crippen molar-refractivity contribution in [3.8, 4) is 0 Å². The van der Waals surface area contributed by atoms with Gasteiger partial charge < -0.3 is 10.2 Å². The summed E-state index contributed by atoms with van der Waals surface area (Å²) in [5, 5.41) is 3.58. The number of halogens is 1. The maximum atomic E-state index is 4.50. The van der Waals surface area contributed by atoms with E-state index in [1.54, 1.807) is 0 Å². The molecule has 1 N–H and O–H groups in total. The van der Waals surface area contributed by atoms with E-state index in [0.29, 0.717) is 5.41 Å². The predicted molar refractivity (Wildman–Crippen MR) is 95.8 cm³/mol. The fourth-order valence-electron chi connectivity index (χ4n) is 3.95. The van der Waals surface area contributed by atoms with E-state index in [0.717, 1.165) is 18.4 Å². The predicted octanol–water partition coefficient (Wildman–Crippen LogP) is 3.64. The van der Waals surface area contributed by atoms with Crippen LogP contribution in [0, 0.1) is 11.3 Å². The molecule has 20 heavy (non-hydrogen) atoms. The van der Waals surface area contributed by atoms with Gasteiger partial charge in [-0.25, -0.2) is 0 Å². The molecule has 3 aliphatic rings. The molecule has 0 amide bonds. The van der Waals surface area contributed by atoms with E-state index in [-0.39, 0.29) is 24.0 Å². The van der Waals surface area contributed by atoms with Crippen LogP contribution in [0.2, 0.25) is 0 Å². The van der Waals surface area contributed by atoms with E-state index in [9.17, 15) is 0 Å². The summed E-state index contributed by atoms with van der Waals surface area (Å²) in [6, 6.07) is 0. The Kier molecular flexibility index (Phi) is 5.99. The number of guanidine groups is 1. The molecule has 0 aromatic rings. The van der Waals surface area contributed by atoms with Gasteiger partial charge in [0.15, 0.2) is 5.96 Å². The Hall–Kier alpha value is 0. The van der Waals surface area contributed by atoms with Gasteiger partial charge in [0.2, 0.25) is 0 Å². The lowest BCUT2D eigenvalue weighted by Crippen LogP contribution is -2.42. The molecule has 3 rings (SSSR count). The molecule has 0 bridgehead atoms. The van der Waals surface area contributed by atoms with E-state index < -0.39 is 0 Å². The highest BCUT2D eigenvalue weighted by atomic mass is 127. The highest BCUT2D eigenvalue weighted by Crippen LogP contribution is 2.43.